The van der Waals surface area contributed by atoms with E-state index in [1.54, 1.807) is 0 Å². The average molecular weight is 200 g/mol. The van der Waals surface area contributed by atoms with E-state index in [0.29, 0.717) is 6.54 Å². The lowest BCUT2D eigenvalue weighted by molar-refractivity contribution is -0.149. The highest BCUT2D eigenvalue weighted by Crippen LogP contribution is 2.11. The molecule has 1 aliphatic rings. The van der Waals surface area contributed by atoms with Crippen molar-refractivity contribution in [2.24, 2.45) is 0 Å². The predicted octanol–water partition coefficient (Wildman–Crippen LogP) is 0.233. The molecule has 0 aromatic heterocycles. The number of nitrogens with one attached hydrogen (secondary N) is 1. The lowest BCUT2D eigenvalue weighted by Crippen LogP contribution is -2.37. The van der Waals surface area contributed by atoms with Gasteiger partial charge < -0.3 is 15.0 Å². The van der Waals surface area contributed by atoms with Crippen LogP contribution in [0.2, 0.25) is 0 Å². The predicted molar refractivity (Wildman–Crippen MR) is 55.2 cm³/mol. The number of hydrogen-bond donors (Lipinski definition) is 1. The van der Waals surface area contributed by atoms with E-state index < -0.39 is 0 Å². The van der Waals surface area contributed by atoms with Crippen molar-refractivity contribution >= 4 is 5.97 Å². The van der Waals surface area contributed by atoms with Crippen molar-refractivity contribution in [2.45, 2.75) is 25.9 Å². The van der Waals surface area contributed by atoms with E-state index in [4.69, 9.17) is 4.74 Å². The second-order valence-corrected chi connectivity index (χ2v) is 3.77. The van der Waals surface area contributed by atoms with Gasteiger partial charge in [0.2, 0.25) is 0 Å². The monoisotopic (exact) mass is 200 g/mol. The average Bonchev–Trinajstić information content (AvgIpc) is 2.18. The number of rotatable bonds is 4. The highest BCUT2D eigenvalue weighted by Gasteiger charge is 2.19. The van der Waals surface area contributed by atoms with Crippen LogP contribution >= 0.6 is 0 Å². The first-order valence-corrected chi connectivity index (χ1v) is 5.31. The Morgan fingerprint density at radius 3 is 2.71 bits per heavy atom. The maximum absolute atomic E-state index is 11.3. The minimum absolute atomic E-state index is 0.124. The standard InChI is InChI=1S/C10H20N2O2/c1-3-11-8-10(13)14-9-4-6-12(2)7-5-9/h9,11H,3-8H2,1-2H3. The lowest BCUT2D eigenvalue weighted by atomic mass is 10.1. The second kappa shape index (κ2) is 5.98. The van der Waals surface area contributed by atoms with Crippen LogP contribution in [0, 0.1) is 0 Å². The van der Waals surface area contributed by atoms with Crippen molar-refractivity contribution in [3.8, 4) is 0 Å². The van der Waals surface area contributed by atoms with Crippen LogP contribution in [0.15, 0.2) is 0 Å². The molecule has 0 radical (unpaired) electrons. The van der Waals surface area contributed by atoms with Crippen molar-refractivity contribution in [3.05, 3.63) is 0 Å². The van der Waals surface area contributed by atoms with E-state index >= 15 is 0 Å². The number of likely N-dealkylation sites (tertiary alicyclic amines) is 1. The molecule has 0 unspecified atom stereocenters. The summed E-state index contributed by atoms with van der Waals surface area (Å²) in [5.41, 5.74) is 0. The summed E-state index contributed by atoms with van der Waals surface area (Å²) in [7, 11) is 2.09. The van der Waals surface area contributed by atoms with Crippen LogP contribution in [0.1, 0.15) is 19.8 Å². The highest BCUT2D eigenvalue weighted by atomic mass is 16.5. The Balaban J connectivity index is 2.14. The molecule has 0 amide bonds. The smallest absolute Gasteiger partial charge is 0.320 e. The molecule has 0 spiro atoms. The fourth-order valence-corrected chi connectivity index (χ4v) is 1.56. The molecule has 1 N–H and O–H groups in total. The van der Waals surface area contributed by atoms with E-state index in [1.165, 1.54) is 0 Å². The van der Waals surface area contributed by atoms with Gasteiger partial charge in [-0.25, -0.2) is 0 Å². The fourth-order valence-electron chi connectivity index (χ4n) is 1.56. The van der Waals surface area contributed by atoms with Crippen molar-refractivity contribution in [3.63, 3.8) is 0 Å². The summed E-state index contributed by atoms with van der Waals surface area (Å²) in [4.78, 5) is 13.5. The topological polar surface area (TPSA) is 41.6 Å². The zero-order valence-electron chi connectivity index (χ0n) is 9.08. The maximum atomic E-state index is 11.3. The number of likely N-dealkylation sites (N-methyl/N-ethyl adjacent to an activating group) is 1. The summed E-state index contributed by atoms with van der Waals surface area (Å²) in [6, 6.07) is 0. The number of carbonyl (C=O) groups is 1. The summed E-state index contributed by atoms with van der Waals surface area (Å²) in [6.07, 6.45) is 2.07. The highest BCUT2D eigenvalue weighted by molar-refractivity contribution is 5.71. The number of nitrogens with zero attached hydrogens (tertiary/aromatic N) is 1. The van der Waals surface area contributed by atoms with Crippen LogP contribution in [-0.4, -0.2) is 50.2 Å². The van der Waals surface area contributed by atoms with E-state index in [0.717, 1.165) is 32.5 Å². The summed E-state index contributed by atoms with van der Waals surface area (Å²) in [6.45, 7) is 5.17. The summed E-state index contributed by atoms with van der Waals surface area (Å²) < 4.78 is 5.31. The van der Waals surface area contributed by atoms with Gasteiger partial charge in [-0.2, -0.15) is 0 Å². The molecule has 0 aromatic carbocycles. The van der Waals surface area contributed by atoms with Crippen LogP contribution < -0.4 is 5.32 Å². The first kappa shape index (κ1) is 11.5. The van der Waals surface area contributed by atoms with Gasteiger partial charge in [-0.3, -0.25) is 4.79 Å². The van der Waals surface area contributed by atoms with Gasteiger partial charge in [-0.1, -0.05) is 6.92 Å². The molecule has 0 atom stereocenters. The number of piperidine rings is 1. The van der Waals surface area contributed by atoms with Crippen molar-refractivity contribution in [2.75, 3.05) is 33.2 Å². The quantitative estimate of drug-likeness (QED) is 0.660. The zero-order valence-corrected chi connectivity index (χ0v) is 9.08. The Hall–Kier alpha value is -0.610. The SMILES string of the molecule is CCNCC(=O)OC1CCN(C)CC1. The van der Waals surface area contributed by atoms with Gasteiger partial charge in [-0.15, -0.1) is 0 Å². The van der Waals surface area contributed by atoms with Gasteiger partial charge in [-0.05, 0) is 26.4 Å². The first-order valence-electron chi connectivity index (χ1n) is 5.31. The fraction of sp³-hybridized carbons (Fsp3) is 0.900. The molecule has 14 heavy (non-hydrogen) atoms. The molecule has 82 valence electrons. The molecule has 0 aliphatic carbocycles. The second-order valence-electron chi connectivity index (χ2n) is 3.77. The van der Waals surface area contributed by atoms with Crippen molar-refractivity contribution in [1.82, 2.24) is 10.2 Å². The molecule has 1 saturated heterocycles. The van der Waals surface area contributed by atoms with E-state index in [-0.39, 0.29) is 12.1 Å². The first-order chi connectivity index (χ1) is 6.72. The van der Waals surface area contributed by atoms with Crippen LogP contribution in [0.25, 0.3) is 0 Å². The van der Waals surface area contributed by atoms with Crippen molar-refractivity contribution < 1.29 is 9.53 Å². The summed E-state index contributed by atoms with van der Waals surface area (Å²) >= 11 is 0. The molecule has 1 heterocycles. The third kappa shape index (κ3) is 4.07. The third-order valence-corrected chi connectivity index (χ3v) is 2.48. The van der Waals surface area contributed by atoms with Gasteiger partial charge in [0.15, 0.2) is 0 Å². The molecule has 0 bridgehead atoms. The van der Waals surface area contributed by atoms with Crippen LogP contribution in [0.5, 0.6) is 0 Å². The molecule has 0 saturated carbocycles. The number of carbonyl (C=O) groups excluding carboxylic acids is 1. The van der Waals surface area contributed by atoms with Gasteiger partial charge >= 0.3 is 5.97 Å². The van der Waals surface area contributed by atoms with E-state index in [9.17, 15) is 4.79 Å². The zero-order chi connectivity index (χ0) is 10.4. The van der Waals surface area contributed by atoms with Crippen molar-refractivity contribution in [1.29, 1.82) is 0 Å². The molecule has 4 heteroatoms. The van der Waals surface area contributed by atoms with Gasteiger partial charge in [0.05, 0.1) is 6.54 Å². The third-order valence-electron chi connectivity index (χ3n) is 2.48. The Kier molecular flexibility index (Phi) is 4.90. The molecule has 1 fully saturated rings. The Morgan fingerprint density at radius 1 is 1.50 bits per heavy atom. The van der Waals surface area contributed by atoms with E-state index in [1.807, 2.05) is 6.92 Å². The molecule has 4 nitrogen and oxygen atoms in total. The molecule has 0 aromatic rings. The van der Waals surface area contributed by atoms with Gasteiger partial charge in [0.25, 0.3) is 0 Å². The van der Waals surface area contributed by atoms with Gasteiger partial charge in [0.1, 0.15) is 6.10 Å². The summed E-state index contributed by atoms with van der Waals surface area (Å²) in [5.74, 6) is -0.124. The van der Waals surface area contributed by atoms with Gasteiger partial charge in [0, 0.05) is 13.1 Å². The Morgan fingerprint density at radius 2 is 2.14 bits per heavy atom. The van der Waals surface area contributed by atoms with E-state index in [2.05, 4.69) is 17.3 Å². The molecular weight excluding hydrogens is 180 g/mol. The largest absolute Gasteiger partial charge is 0.461 e. The maximum Gasteiger partial charge on any atom is 0.320 e. The minimum Gasteiger partial charge on any atom is -0.461 e. The number of hydrogen-bond acceptors (Lipinski definition) is 4. The normalized spacial score (nSPS) is 19.6. The van der Waals surface area contributed by atoms with Crippen LogP contribution in [-0.2, 0) is 9.53 Å². The van der Waals surface area contributed by atoms with Crippen LogP contribution in [0.3, 0.4) is 0 Å². The number of ether oxygens (including phenoxy) is 1. The lowest BCUT2D eigenvalue weighted by Gasteiger charge is -2.28. The Bertz CT molecular complexity index is 177. The molecule has 1 rings (SSSR count). The Labute approximate surface area is 85.6 Å². The summed E-state index contributed by atoms with van der Waals surface area (Å²) in [5, 5.41) is 2.96. The molecular formula is C10H20N2O2. The minimum atomic E-state index is -0.124. The number of esters is 1. The van der Waals surface area contributed by atoms with Crippen LogP contribution in [0.4, 0.5) is 0 Å². The molecule has 1 aliphatic heterocycles.